The van der Waals surface area contributed by atoms with Gasteiger partial charge in [0.15, 0.2) is 0 Å². The van der Waals surface area contributed by atoms with E-state index in [9.17, 15) is 14.4 Å². The number of nitrogens with one attached hydrogen (secondary N) is 1. The first-order chi connectivity index (χ1) is 13.4. The van der Waals surface area contributed by atoms with E-state index in [2.05, 4.69) is 5.32 Å². The monoisotopic (exact) mass is 382 g/mol. The number of nitrogens with zero attached hydrogens (tertiary/aromatic N) is 1. The molecule has 0 bridgehead atoms. The molecule has 4 rings (SSSR count). The van der Waals surface area contributed by atoms with E-state index in [1.165, 1.54) is 18.3 Å². The fraction of sp³-hybridized carbons (Fsp3) is 0.381. The van der Waals surface area contributed by atoms with Gasteiger partial charge < -0.3 is 9.15 Å². The summed E-state index contributed by atoms with van der Waals surface area (Å²) in [6.45, 7) is 3.74. The highest BCUT2D eigenvalue weighted by atomic mass is 16.5. The summed E-state index contributed by atoms with van der Waals surface area (Å²) in [5.41, 5.74) is 0.238. The largest absolute Gasteiger partial charge is 0.468 e. The van der Waals surface area contributed by atoms with Gasteiger partial charge in [0.2, 0.25) is 11.8 Å². The zero-order valence-electron chi connectivity index (χ0n) is 16.0. The van der Waals surface area contributed by atoms with Crippen molar-refractivity contribution in [2.75, 3.05) is 12.0 Å². The molecular weight excluding hydrogens is 360 g/mol. The maximum absolute atomic E-state index is 13.4. The highest BCUT2D eigenvalue weighted by Gasteiger charge is 2.68. The molecule has 0 spiro atoms. The van der Waals surface area contributed by atoms with Gasteiger partial charge in [0, 0.05) is 0 Å². The minimum Gasteiger partial charge on any atom is -0.468 e. The van der Waals surface area contributed by atoms with E-state index in [0.29, 0.717) is 17.9 Å². The minimum absolute atomic E-state index is 0.304. The van der Waals surface area contributed by atoms with Crippen LogP contribution in [0.15, 0.2) is 47.1 Å². The van der Waals surface area contributed by atoms with Crippen molar-refractivity contribution in [2.45, 2.75) is 31.8 Å². The molecule has 7 heteroatoms. The maximum atomic E-state index is 13.4. The predicted molar refractivity (Wildman–Crippen MR) is 100 cm³/mol. The van der Waals surface area contributed by atoms with E-state index in [1.54, 1.807) is 31.2 Å². The Morgan fingerprint density at radius 2 is 1.93 bits per heavy atom. The molecule has 2 fully saturated rings. The molecule has 0 radical (unpaired) electrons. The maximum Gasteiger partial charge on any atom is 0.326 e. The number of anilines is 1. The Morgan fingerprint density at radius 1 is 1.21 bits per heavy atom. The fourth-order valence-electron chi connectivity index (χ4n) is 4.50. The van der Waals surface area contributed by atoms with E-state index >= 15 is 0 Å². The third-order valence-corrected chi connectivity index (χ3v) is 5.90. The van der Waals surface area contributed by atoms with Crippen LogP contribution in [0.4, 0.5) is 5.69 Å². The molecule has 4 atom stereocenters. The average molecular weight is 382 g/mol. The van der Waals surface area contributed by atoms with E-state index in [0.717, 1.165) is 5.56 Å². The quantitative estimate of drug-likeness (QED) is 0.645. The summed E-state index contributed by atoms with van der Waals surface area (Å²) in [6, 6.07) is 10.0. The van der Waals surface area contributed by atoms with Gasteiger partial charge in [0.25, 0.3) is 0 Å². The molecule has 2 amide bonds. The van der Waals surface area contributed by atoms with E-state index in [1.807, 2.05) is 19.1 Å². The van der Waals surface area contributed by atoms with Crippen molar-refractivity contribution in [3.05, 3.63) is 54.0 Å². The highest BCUT2D eigenvalue weighted by molar-refractivity contribution is 6.24. The average Bonchev–Trinajstić information content (AvgIpc) is 3.39. The van der Waals surface area contributed by atoms with Crippen LogP contribution >= 0.6 is 0 Å². The lowest BCUT2D eigenvalue weighted by Crippen LogP contribution is -2.55. The number of esters is 1. The van der Waals surface area contributed by atoms with Crippen LogP contribution in [0.3, 0.4) is 0 Å². The number of rotatable bonds is 4. The van der Waals surface area contributed by atoms with Crippen LogP contribution in [0.2, 0.25) is 0 Å². The van der Waals surface area contributed by atoms with Crippen molar-refractivity contribution in [3.8, 4) is 0 Å². The smallest absolute Gasteiger partial charge is 0.326 e. The minimum atomic E-state index is -1.29. The first kappa shape index (κ1) is 18.4. The molecule has 28 heavy (non-hydrogen) atoms. The fourth-order valence-corrected chi connectivity index (χ4v) is 4.50. The number of carbonyl (C=O) groups is 3. The van der Waals surface area contributed by atoms with Crippen molar-refractivity contribution < 1.29 is 23.5 Å². The number of fused-ring (bicyclic) bond motifs is 1. The summed E-state index contributed by atoms with van der Waals surface area (Å²) in [7, 11) is 1.29. The second-order valence-corrected chi connectivity index (χ2v) is 7.30. The highest BCUT2D eigenvalue weighted by Crippen LogP contribution is 2.51. The summed E-state index contributed by atoms with van der Waals surface area (Å²) in [4.78, 5) is 40.8. The van der Waals surface area contributed by atoms with Crippen LogP contribution in [0.1, 0.15) is 30.7 Å². The summed E-state index contributed by atoms with van der Waals surface area (Å²) >= 11 is 0. The molecule has 0 saturated carbocycles. The lowest BCUT2D eigenvalue weighted by atomic mass is 9.78. The van der Waals surface area contributed by atoms with Crippen molar-refractivity contribution >= 4 is 23.5 Å². The molecule has 3 heterocycles. The Labute approximate surface area is 162 Å². The SMILES string of the molecule is CC[C@]1(C(=O)OC)N[C@@H](c2ccco2)[C@H]2C(=O)N(c3ccc(C)cc3)C(=O)[C@H]21. The molecule has 2 aliphatic heterocycles. The Hall–Kier alpha value is -2.93. The lowest BCUT2D eigenvalue weighted by Gasteiger charge is -2.31. The summed E-state index contributed by atoms with van der Waals surface area (Å²) in [6.07, 6.45) is 1.81. The van der Waals surface area contributed by atoms with Gasteiger partial charge in [-0.2, -0.15) is 0 Å². The Bertz CT molecular complexity index is 921. The molecule has 146 valence electrons. The van der Waals surface area contributed by atoms with Gasteiger partial charge in [-0.1, -0.05) is 24.6 Å². The number of methoxy groups -OCH3 is 1. The van der Waals surface area contributed by atoms with Crippen LogP contribution in [0.5, 0.6) is 0 Å². The number of aryl methyl sites for hydroxylation is 1. The van der Waals surface area contributed by atoms with Crippen LogP contribution in [-0.4, -0.2) is 30.4 Å². The number of hydrogen-bond donors (Lipinski definition) is 1. The number of benzene rings is 1. The van der Waals surface area contributed by atoms with Gasteiger partial charge in [-0.25, -0.2) is 4.90 Å². The van der Waals surface area contributed by atoms with Crippen LogP contribution < -0.4 is 10.2 Å². The third kappa shape index (κ3) is 2.43. The second-order valence-electron chi connectivity index (χ2n) is 7.30. The lowest BCUT2D eigenvalue weighted by molar-refractivity contribution is -0.152. The standard InChI is InChI=1S/C21H22N2O5/c1-4-21(20(26)27-3)16-15(17(22-21)14-6-5-11-28-14)18(24)23(19(16)25)13-9-7-12(2)8-10-13/h5-11,15-17,22H,4H2,1-3H3/t15-,16-,17-,21-/m0/s1. The Morgan fingerprint density at radius 3 is 2.50 bits per heavy atom. The number of imide groups is 1. The predicted octanol–water partition coefficient (Wildman–Crippen LogP) is 2.36. The van der Waals surface area contributed by atoms with Crippen molar-refractivity contribution in [2.24, 2.45) is 11.8 Å². The van der Waals surface area contributed by atoms with Gasteiger partial charge in [-0.3, -0.25) is 19.7 Å². The van der Waals surface area contributed by atoms with Gasteiger partial charge in [0.1, 0.15) is 11.3 Å². The Balaban J connectivity index is 1.84. The first-order valence-electron chi connectivity index (χ1n) is 9.28. The normalized spacial score (nSPS) is 29.2. The molecule has 2 aromatic rings. The second kappa shape index (κ2) is 6.60. The van der Waals surface area contributed by atoms with Gasteiger partial charge in [-0.15, -0.1) is 0 Å². The first-order valence-corrected chi connectivity index (χ1v) is 9.28. The summed E-state index contributed by atoms with van der Waals surface area (Å²) in [5, 5.41) is 3.21. The molecule has 2 aliphatic rings. The van der Waals surface area contributed by atoms with E-state index in [4.69, 9.17) is 9.15 Å². The Kier molecular flexibility index (Phi) is 4.34. The topological polar surface area (TPSA) is 88.8 Å². The van der Waals surface area contributed by atoms with E-state index < -0.39 is 35.3 Å². The number of ether oxygens (including phenoxy) is 1. The van der Waals surface area contributed by atoms with Gasteiger partial charge in [-0.05, 0) is 37.6 Å². The molecular formula is C21H22N2O5. The molecule has 1 aromatic carbocycles. The van der Waals surface area contributed by atoms with E-state index in [-0.39, 0.29) is 5.91 Å². The third-order valence-electron chi connectivity index (χ3n) is 5.90. The molecule has 0 unspecified atom stereocenters. The van der Waals surface area contributed by atoms with Gasteiger partial charge in [0.05, 0.1) is 36.9 Å². The van der Waals surface area contributed by atoms with Crippen molar-refractivity contribution in [3.63, 3.8) is 0 Å². The van der Waals surface area contributed by atoms with Crippen LogP contribution in [0, 0.1) is 18.8 Å². The number of carbonyl (C=O) groups excluding carboxylic acids is 3. The molecule has 7 nitrogen and oxygen atoms in total. The summed E-state index contributed by atoms with van der Waals surface area (Å²) in [5.74, 6) is -2.39. The van der Waals surface area contributed by atoms with Crippen molar-refractivity contribution in [1.29, 1.82) is 0 Å². The van der Waals surface area contributed by atoms with Crippen LogP contribution in [0.25, 0.3) is 0 Å². The molecule has 1 aromatic heterocycles. The van der Waals surface area contributed by atoms with Gasteiger partial charge >= 0.3 is 5.97 Å². The number of furan rings is 1. The van der Waals surface area contributed by atoms with Crippen LogP contribution in [-0.2, 0) is 19.1 Å². The van der Waals surface area contributed by atoms with Crippen molar-refractivity contribution in [1.82, 2.24) is 5.32 Å². The molecule has 1 N–H and O–H groups in total. The molecule has 0 aliphatic carbocycles. The zero-order valence-corrected chi connectivity index (χ0v) is 16.0. The zero-order chi connectivity index (χ0) is 20.1. The molecule has 2 saturated heterocycles. The number of amides is 2. The number of hydrogen-bond acceptors (Lipinski definition) is 6. The summed E-state index contributed by atoms with van der Waals surface area (Å²) < 4.78 is 10.5.